The lowest BCUT2D eigenvalue weighted by Crippen LogP contribution is -2.39. The van der Waals surface area contributed by atoms with Gasteiger partial charge in [-0.3, -0.25) is 9.59 Å². The van der Waals surface area contributed by atoms with Gasteiger partial charge in [-0.15, -0.1) is 0 Å². The van der Waals surface area contributed by atoms with Gasteiger partial charge in [0, 0.05) is 22.6 Å². The van der Waals surface area contributed by atoms with Gasteiger partial charge < -0.3 is 10.0 Å². The van der Waals surface area contributed by atoms with E-state index in [1.165, 1.54) is 0 Å². The van der Waals surface area contributed by atoms with Crippen molar-refractivity contribution >= 4 is 35.1 Å². The van der Waals surface area contributed by atoms with Gasteiger partial charge in [0.1, 0.15) is 0 Å². The zero-order valence-corrected chi connectivity index (χ0v) is 13.2. The number of carboxylic acid groups (broad SMARTS) is 1. The number of nitrogens with zero attached hydrogens (tertiary/aromatic N) is 1. The first-order valence-electron chi connectivity index (χ1n) is 6.85. The summed E-state index contributed by atoms with van der Waals surface area (Å²) in [6, 6.07) is 5.26. The van der Waals surface area contributed by atoms with Crippen LogP contribution >= 0.6 is 23.2 Å². The SMILES string of the molecule is CC(CN(C(=O)Cc1c(Cl)cccc1Cl)C1CC1)C(=O)O. The van der Waals surface area contributed by atoms with Crippen molar-refractivity contribution in [2.45, 2.75) is 32.2 Å². The van der Waals surface area contributed by atoms with Crippen molar-refractivity contribution in [1.82, 2.24) is 4.90 Å². The number of carboxylic acids is 1. The molecule has 1 atom stereocenters. The molecule has 0 radical (unpaired) electrons. The van der Waals surface area contributed by atoms with Crippen LogP contribution in [0.3, 0.4) is 0 Å². The van der Waals surface area contributed by atoms with Gasteiger partial charge in [-0.2, -0.15) is 0 Å². The van der Waals surface area contributed by atoms with Gasteiger partial charge in [-0.1, -0.05) is 36.2 Å². The lowest BCUT2D eigenvalue weighted by atomic mass is 10.1. The van der Waals surface area contributed by atoms with Crippen LogP contribution in [0.4, 0.5) is 0 Å². The van der Waals surface area contributed by atoms with Gasteiger partial charge in [0.25, 0.3) is 0 Å². The highest BCUT2D eigenvalue weighted by atomic mass is 35.5. The number of amides is 1. The molecule has 4 nitrogen and oxygen atoms in total. The monoisotopic (exact) mass is 329 g/mol. The number of halogens is 2. The number of hydrogen-bond donors (Lipinski definition) is 1. The molecule has 1 aromatic rings. The Hall–Kier alpha value is -1.26. The maximum absolute atomic E-state index is 12.5. The molecular weight excluding hydrogens is 313 g/mol. The van der Waals surface area contributed by atoms with E-state index in [0.29, 0.717) is 15.6 Å². The molecule has 0 aromatic heterocycles. The molecule has 0 bridgehead atoms. The van der Waals surface area contributed by atoms with Crippen molar-refractivity contribution < 1.29 is 14.7 Å². The molecule has 1 amide bonds. The van der Waals surface area contributed by atoms with Crippen molar-refractivity contribution in [3.8, 4) is 0 Å². The minimum absolute atomic E-state index is 0.0986. The summed E-state index contributed by atoms with van der Waals surface area (Å²) >= 11 is 12.2. The summed E-state index contributed by atoms with van der Waals surface area (Å²) in [5.41, 5.74) is 0.597. The summed E-state index contributed by atoms with van der Waals surface area (Å²) < 4.78 is 0. The average molecular weight is 330 g/mol. The van der Waals surface area contributed by atoms with Crippen LogP contribution in [0.2, 0.25) is 10.0 Å². The number of hydrogen-bond acceptors (Lipinski definition) is 2. The van der Waals surface area contributed by atoms with Gasteiger partial charge in [0.05, 0.1) is 12.3 Å². The third-order valence-corrected chi connectivity index (χ3v) is 4.30. The maximum atomic E-state index is 12.5. The Morgan fingerprint density at radius 1 is 1.33 bits per heavy atom. The Morgan fingerprint density at radius 2 is 1.90 bits per heavy atom. The van der Waals surface area contributed by atoms with Gasteiger partial charge in [-0.25, -0.2) is 0 Å². The molecule has 0 aliphatic heterocycles. The predicted octanol–water partition coefficient (Wildman–Crippen LogP) is 3.25. The van der Waals surface area contributed by atoms with Crippen LogP contribution in [0, 0.1) is 5.92 Å². The van der Waals surface area contributed by atoms with Crippen LogP contribution in [0.25, 0.3) is 0 Å². The van der Waals surface area contributed by atoms with E-state index in [1.54, 1.807) is 30.0 Å². The lowest BCUT2D eigenvalue weighted by Gasteiger charge is -2.24. The molecule has 0 heterocycles. The molecule has 1 aromatic carbocycles. The number of benzene rings is 1. The summed E-state index contributed by atoms with van der Waals surface area (Å²) in [5.74, 6) is -1.61. The number of carbonyl (C=O) groups is 2. The predicted molar refractivity (Wildman–Crippen MR) is 81.7 cm³/mol. The van der Waals surface area contributed by atoms with Gasteiger partial charge in [0.2, 0.25) is 5.91 Å². The molecular formula is C15H17Cl2NO3. The quantitative estimate of drug-likeness (QED) is 0.871. The van der Waals surface area contributed by atoms with E-state index in [4.69, 9.17) is 28.3 Å². The minimum Gasteiger partial charge on any atom is -0.481 e. The topological polar surface area (TPSA) is 57.6 Å². The highest BCUT2D eigenvalue weighted by molar-refractivity contribution is 6.36. The standard InChI is InChI=1S/C15H17Cl2NO3/c1-9(15(20)21)8-18(10-5-6-10)14(19)7-11-12(16)3-2-4-13(11)17/h2-4,9-10H,5-8H2,1H3,(H,20,21). The van der Waals surface area contributed by atoms with Crippen LogP contribution in [0.5, 0.6) is 0 Å². The summed E-state index contributed by atoms with van der Waals surface area (Å²) in [5, 5.41) is 9.93. The Kier molecular flexibility index (Phi) is 5.12. The second-order valence-electron chi connectivity index (χ2n) is 5.39. The molecule has 6 heteroatoms. The number of rotatable bonds is 6. The zero-order valence-electron chi connectivity index (χ0n) is 11.7. The minimum atomic E-state index is -0.899. The lowest BCUT2D eigenvalue weighted by molar-refractivity contribution is -0.143. The van der Waals surface area contributed by atoms with E-state index in [-0.39, 0.29) is 24.9 Å². The summed E-state index contributed by atoms with van der Waals surface area (Å²) in [6.45, 7) is 1.83. The second-order valence-corrected chi connectivity index (χ2v) is 6.21. The van der Waals surface area contributed by atoms with Crippen molar-refractivity contribution in [3.63, 3.8) is 0 Å². The van der Waals surface area contributed by atoms with E-state index in [9.17, 15) is 9.59 Å². The van der Waals surface area contributed by atoms with E-state index in [1.807, 2.05) is 0 Å². The van der Waals surface area contributed by atoms with E-state index in [0.717, 1.165) is 12.8 Å². The summed E-state index contributed by atoms with van der Waals surface area (Å²) in [4.78, 5) is 25.1. The second kappa shape index (κ2) is 6.67. The van der Waals surface area contributed by atoms with E-state index >= 15 is 0 Å². The number of carbonyl (C=O) groups excluding carboxylic acids is 1. The molecule has 21 heavy (non-hydrogen) atoms. The van der Waals surface area contributed by atoms with Crippen LogP contribution < -0.4 is 0 Å². The highest BCUT2D eigenvalue weighted by Gasteiger charge is 2.34. The Labute approximate surface area is 133 Å². The molecule has 114 valence electrons. The molecule has 1 N–H and O–H groups in total. The normalized spacial score (nSPS) is 15.6. The van der Waals surface area contributed by atoms with Crippen molar-refractivity contribution in [2.75, 3.05) is 6.54 Å². The first-order chi connectivity index (χ1) is 9.90. The molecule has 1 saturated carbocycles. The smallest absolute Gasteiger partial charge is 0.308 e. The summed E-state index contributed by atoms with van der Waals surface area (Å²) in [7, 11) is 0. The fraction of sp³-hybridized carbons (Fsp3) is 0.467. The van der Waals surface area contributed by atoms with Crippen LogP contribution in [-0.4, -0.2) is 34.5 Å². The maximum Gasteiger partial charge on any atom is 0.308 e. The molecule has 1 aliphatic rings. The Bertz CT molecular complexity index is 538. The molecule has 2 rings (SSSR count). The first kappa shape index (κ1) is 16.1. The zero-order chi connectivity index (χ0) is 15.6. The van der Waals surface area contributed by atoms with Crippen LogP contribution in [0.15, 0.2) is 18.2 Å². The Morgan fingerprint density at radius 3 is 2.38 bits per heavy atom. The molecule has 1 fully saturated rings. The molecule has 0 saturated heterocycles. The fourth-order valence-corrected chi connectivity index (χ4v) is 2.70. The van der Waals surface area contributed by atoms with Crippen molar-refractivity contribution in [3.05, 3.63) is 33.8 Å². The van der Waals surface area contributed by atoms with Crippen LogP contribution in [-0.2, 0) is 16.0 Å². The van der Waals surface area contributed by atoms with Crippen molar-refractivity contribution in [1.29, 1.82) is 0 Å². The molecule has 0 spiro atoms. The highest BCUT2D eigenvalue weighted by Crippen LogP contribution is 2.30. The van der Waals surface area contributed by atoms with Crippen LogP contribution in [0.1, 0.15) is 25.3 Å². The third-order valence-electron chi connectivity index (χ3n) is 3.59. The number of aliphatic carboxylic acids is 1. The fourth-order valence-electron chi connectivity index (χ4n) is 2.17. The molecule has 1 aliphatic carbocycles. The van der Waals surface area contributed by atoms with E-state index < -0.39 is 11.9 Å². The van der Waals surface area contributed by atoms with Crippen molar-refractivity contribution in [2.24, 2.45) is 5.92 Å². The summed E-state index contributed by atoms with van der Waals surface area (Å²) in [6.07, 6.45) is 1.95. The third kappa shape index (κ3) is 4.11. The van der Waals surface area contributed by atoms with Gasteiger partial charge in [-0.05, 0) is 30.5 Å². The van der Waals surface area contributed by atoms with Gasteiger partial charge in [0.15, 0.2) is 0 Å². The first-order valence-corrected chi connectivity index (χ1v) is 7.61. The van der Waals surface area contributed by atoms with Gasteiger partial charge >= 0.3 is 5.97 Å². The average Bonchev–Trinajstić information content (AvgIpc) is 3.24. The van der Waals surface area contributed by atoms with E-state index in [2.05, 4.69) is 0 Å². The Balaban J connectivity index is 2.10. The molecule has 1 unspecified atom stereocenters. The largest absolute Gasteiger partial charge is 0.481 e.